The van der Waals surface area contributed by atoms with Crippen LogP contribution in [0.3, 0.4) is 0 Å². The third kappa shape index (κ3) is 2.94. The van der Waals surface area contributed by atoms with Gasteiger partial charge in [0.15, 0.2) is 5.60 Å². The number of aryl methyl sites for hydroxylation is 1. The minimum absolute atomic E-state index is 0.280. The molecule has 4 nitrogen and oxygen atoms in total. The van der Waals surface area contributed by atoms with Gasteiger partial charge in [0.25, 0.3) is 0 Å². The van der Waals surface area contributed by atoms with E-state index in [0.717, 1.165) is 58.4 Å². The number of carbonyl (C=O) groups is 1. The first kappa shape index (κ1) is 20.4. The quantitative estimate of drug-likeness (QED) is 0.298. The van der Waals surface area contributed by atoms with Crippen LogP contribution in [0.4, 0.5) is 5.69 Å². The van der Waals surface area contributed by atoms with Gasteiger partial charge in [-0.25, -0.2) is 4.79 Å². The summed E-state index contributed by atoms with van der Waals surface area (Å²) in [5.74, 6) is -0.280. The molecule has 1 N–H and O–H groups in total. The molecular formula is C28H28N2O2. The number of carbonyl (C=O) groups excluding carboxylic acids is 1. The van der Waals surface area contributed by atoms with Gasteiger partial charge in [0.05, 0.1) is 5.56 Å². The van der Waals surface area contributed by atoms with Crippen molar-refractivity contribution >= 4 is 22.6 Å². The third-order valence-corrected chi connectivity index (χ3v) is 6.67. The maximum atomic E-state index is 13.1. The number of benzene rings is 3. The summed E-state index contributed by atoms with van der Waals surface area (Å²) in [6.07, 6.45) is 2.28. The molecule has 4 aromatic rings. The molecule has 1 aromatic heterocycles. The second-order valence-electron chi connectivity index (χ2n) is 8.51. The van der Waals surface area contributed by atoms with Crippen molar-refractivity contribution in [3.8, 4) is 0 Å². The Kier molecular flexibility index (Phi) is 5.01. The lowest BCUT2D eigenvalue weighted by Gasteiger charge is -2.31. The zero-order chi connectivity index (χ0) is 22.3. The van der Waals surface area contributed by atoms with Crippen LogP contribution in [0.2, 0.25) is 0 Å². The molecule has 1 aliphatic heterocycles. The minimum atomic E-state index is -0.986. The Bertz CT molecular complexity index is 1300. The Labute approximate surface area is 188 Å². The number of hydrogen-bond acceptors (Lipinski definition) is 3. The van der Waals surface area contributed by atoms with Gasteiger partial charge in [0, 0.05) is 52.6 Å². The van der Waals surface area contributed by atoms with E-state index in [-0.39, 0.29) is 5.97 Å². The molecule has 0 aliphatic carbocycles. The molecule has 0 saturated heterocycles. The summed E-state index contributed by atoms with van der Waals surface area (Å²) in [4.78, 5) is 13.1. The average Bonchev–Trinajstić information content (AvgIpc) is 3.26. The number of anilines is 1. The number of para-hydroxylation sites is 1. The summed E-state index contributed by atoms with van der Waals surface area (Å²) in [6.45, 7) is 5.24. The van der Waals surface area contributed by atoms with Gasteiger partial charge in [-0.3, -0.25) is 0 Å². The molecule has 1 unspecified atom stereocenters. The van der Waals surface area contributed by atoms with Crippen molar-refractivity contribution in [3.63, 3.8) is 0 Å². The van der Waals surface area contributed by atoms with Crippen molar-refractivity contribution < 1.29 is 9.53 Å². The largest absolute Gasteiger partial charge is 0.440 e. The van der Waals surface area contributed by atoms with E-state index >= 15 is 0 Å². The van der Waals surface area contributed by atoms with Crippen LogP contribution in [0.1, 0.15) is 52.5 Å². The van der Waals surface area contributed by atoms with E-state index in [2.05, 4.69) is 67.2 Å². The maximum Gasteiger partial charge on any atom is 0.340 e. The molecule has 0 amide bonds. The molecule has 1 atom stereocenters. The Morgan fingerprint density at radius 1 is 0.969 bits per heavy atom. The predicted octanol–water partition coefficient (Wildman–Crippen LogP) is 6.16. The van der Waals surface area contributed by atoms with Crippen LogP contribution in [0, 0.1) is 6.92 Å². The van der Waals surface area contributed by atoms with Crippen molar-refractivity contribution in [2.24, 2.45) is 7.05 Å². The Balaban J connectivity index is 1.76. The minimum Gasteiger partial charge on any atom is -0.440 e. The lowest BCUT2D eigenvalue weighted by atomic mass is 9.78. The van der Waals surface area contributed by atoms with Crippen LogP contribution in [-0.2, 0) is 17.4 Å². The van der Waals surface area contributed by atoms with Crippen molar-refractivity contribution in [2.45, 2.75) is 32.3 Å². The van der Waals surface area contributed by atoms with Crippen LogP contribution in [0.25, 0.3) is 10.9 Å². The van der Waals surface area contributed by atoms with Crippen LogP contribution in [-0.4, -0.2) is 17.1 Å². The van der Waals surface area contributed by atoms with Gasteiger partial charge in [0.2, 0.25) is 0 Å². The fraction of sp³-hybridized carbons (Fsp3) is 0.250. The number of nitrogens with one attached hydrogen (secondary N) is 1. The first-order valence-electron chi connectivity index (χ1n) is 11.3. The zero-order valence-corrected chi connectivity index (χ0v) is 18.8. The number of rotatable bonds is 6. The van der Waals surface area contributed by atoms with Gasteiger partial charge in [-0.1, -0.05) is 61.9 Å². The maximum absolute atomic E-state index is 13.1. The molecule has 1 aliphatic rings. The fourth-order valence-corrected chi connectivity index (χ4v) is 4.96. The van der Waals surface area contributed by atoms with Gasteiger partial charge in [0.1, 0.15) is 0 Å². The van der Waals surface area contributed by atoms with E-state index < -0.39 is 5.60 Å². The first-order valence-corrected chi connectivity index (χ1v) is 11.3. The van der Waals surface area contributed by atoms with E-state index in [9.17, 15) is 4.79 Å². The summed E-state index contributed by atoms with van der Waals surface area (Å²) in [6, 6.07) is 24.4. The number of cyclic esters (lactones) is 1. The number of nitrogens with zero attached hydrogens (tertiary/aromatic N) is 1. The summed E-state index contributed by atoms with van der Waals surface area (Å²) in [7, 11) is 2.07. The summed E-state index contributed by atoms with van der Waals surface area (Å²) in [5.41, 5.74) is 5.81. The average molecular weight is 425 g/mol. The van der Waals surface area contributed by atoms with Gasteiger partial charge < -0.3 is 14.6 Å². The number of unbranched alkanes of at least 4 members (excludes halogenated alkanes) is 1. The lowest BCUT2D eigenvalue weighted by Crippen LogP contribution is -2.30. The normalized spacial score (nSPS) is 17.4. The third-order valence-electron chi connectivity index (χ3n) is 6.67. The standard InChI is InChI=1S/C28H28N2O2/c1-4-5-18-29-21-16-14-20(15-17-21)28(24-12-8-6-10-22(24)27(31)32-28)26-19(2)30(3)25-13-9-7-11-23(25)26/h6-17,29H,4-5,18H2,1-3H3. The van der Waals surface area contributed by atoms with E-state index in [1.165, 1.54) is 0 Å². The van der Waals surface area contributed by atoms with Crippen LogP contribution in [0.5, 0.6) is 0 Å². The first-order chi connectivity index (χ1) is 15.6. The molecule has 32 heavy (non-hydrogen) atoms. The second kappa shape index (κ2) is 7.86. The molecular weight excluding hydrogens is 396 g/mol. The van der Waals surface area contributed by atoms with Gasteiger partial charge >= 0.3 is 5.97 Å². The van der Waals surface area contributed by atoms with Crippen molar-refractivity contribution in [2.75, 3.05) is 11.9 Å². The molecule has 0 spiro atoms. The molecule has 0 bridgehead atoms. The molecule has 4 heteroatoms. The van der Waals surface area contributed by atoms with Crippen molar-refractivity contribution in [1.29, 1.82) is 0 Å². The summed E-state index contributed by atoms with van der Waals surface area (Å²) in [5, 5.41) is 4.58. The van der Waals surface area contributed by atoms with E-state index in [4.69, 9.17) is 4.74 Å². The molecule has 3 aromatic carbocycles. The highest BCUT2D eigenvalue weighted by Crippen LogP contribution is 2.50. The van der Waals surface area contributed by atoms with Crippen LogP contribution >= 0.6 is 0 Å². The molecule has 5 rings (SSSR count). The monoisotopic (exact) mass is 424 g/mol. The Morgan fingerprint density at radius 2 is 1.69 bits per heavy atom. The highest BCUT2D eigenvalue weighted by molar-refractivity contribution is 5.98. The smallest absolute Gasteiger partial charge is 0.340 e. The summed E-state index contributed by atoms with van der Waals surface area (Å²) < 4.78 is 8.54. The summed E-state index contributed by atoms with van der Waals surface area (Å²) >= 11 is 0. The van der Waals surface area contributed by atoms with E-state index in [1.807, 2.05) is 36.4 Å². The number of hydrogen-bond donors (Lipinski definition) is 1. The number of fused-ring (bicyclic) bond motifs is 2. The zero-order valence-electron chi connectivity index (χ0n) is 18.8. The molecule has 0 fully saturated rings. The van der Waals surface area contributed by atoms with Gasteiger partial charge in [-0.15, -0.1) is 0 Å². The predicted molar refractivity (Wildman–Crippen MR) is 129 cm³/mol. The SMILES string of the molecule is CCCCNc1ccc(C2(c3c(C)n(C)c4ccccc34)OC(=O)c3ccccc32)cc1. The number of aromatic nitrogens is 1. The van der Waals surface area contributed by atoms with Crippen LogP contribution < -0.4 is 5.32 Å². The second-order valence-corrected chi connectivity index (χ2v) is 8.51. The molecule has 162 valence electrons. The van der Waals surface area contributed by atoms with Crippen molar-refractivity contribution in [3.05, 3.63) is 101 Å². The molecule has 0 saturated carbocycles. The van der Waals surface area contributed by atoms with Crippen molar-refractivity contribution in [1.82, 2.24) is 4.57 Å². The molecule has 2 heterocycles. The lowest BCUT2D eigenvalue weighted by molar-refractivity contribution is 0.0253. The number of ether oxygens (including phenoxy) is 1. The highest BCUT2D eigenvalue weighted by Gasteiger charge is 2.50. The Morgan fingerprint density at radius 3 is 2.47 bits per heavy atom. The van der Waals surface area contributed by atoms with E-state index in [1.54, 1.807) is 0 Å². The number of esters is 1. The fourth-order valence-electron chi connectivity index (χ4n) is 4.96. The van der Waals surface area contributed by atoms with Gasteiger partial charge in [-0.05, 0) is 37.6 Å². The molecule has 0 radical (unpaired) electrons. The highest BCUT2D eigenvalue weighted by atomic mass is 16.6. The topological polar surface area (TPSA) is 43.3 Å². The van der Waals surface area contributed by atoms with Gasteiger partial charge in [-0.2, -0.15) is 0 Å². The van der Waals surface area contributed by atoms with Crippen LogP contribution in [0.15, 0.2) is 72.8 Å². The Hall–Kier alpha value is -3.53. The van der Waals surface area contributed by atoms with E-state index in [0.29, 0.717) is 5.56 Å².